The number of hydrogen-bond acceptors (Lipinski definition) is 2. The van der Waals surface area contributed by atoms with Crippen molar-refractivity contribution in [1.29, 1.82) is 0 Å². The first-order valence-electron chi connectivity index (χ1n) is 7.12. The van der Waals surface area contributed by atoms with Crippen molar-refractivity contribution in [1.82, 2.24) is 0 Å². The Bertz CT molecular complexity index is 454. The molecule has 2 fully saturated rings. The van der Waals surface area contributed by atoms with Gasteiger partial charge in [0.25, 0.3) is 0 Å². The highest BCUT2D eigenvalue weighted by molar-refractivity contribution is 5.85. The number of anilines is 1. The molecular formula is C16H21NO. The zero-order valence-corrected chi connectivity index (χ0v) is 11.1. The Hall–Kier alpha value is -1.31. The van der Waals surface area contributed by atoms with Gasteiger partial charge in [-0.25, -0.2) is 0 Å². The molecule has 2 atom stereocenters. The lowest BCUT2D eigenvalue weighted by molar-refractivity contribution is 0.112. The molecule has 2 aliphatic rings. The summed E-state index contributed by atoms with van der Waals surface area (Å²) in [5.74, 6) is 0.861. The van der Waals surface area contributed by atoms with Crippen LogP contribution in [0.2, 0.25) is 0 Å². The molecule has 0 N–H and O–H groups in total. The van der Waals surface area contributed by atoms with Crippen LogP contribution < -0.4 is 4.90 Å². The summed E-state index contributed by atoms with van der Waals surface area (Å²) >= 11 is 0. The number of rotatable bonds is 2. The van der Waals surface area contributed by atoms with Gasteiger partial charge in [0.15, 0.2) is 6.29 Å². The highest BCUT2D eigenvalue weighted by Gasteiger charge is 2.35. The largest absolute Gasteiger partial charge is 0.368 e. The van der Waals surface area contributed by atoms with Gasteiger partial charge in [-0.15, -0.1) is 0 Å². The van der Waals surface area contributed by atoms with E-state index in [1.807, 2.05) is 13.0 Å². The molecule has 0 amide bonds. The zero-order chi connectivity index (χ0) is 12.5. The number of carbonyl (C=O) groups excluding carboxylic acids is 1. The van der Waals surface area contributed by atoms with Crippen molar-refractivity contribution in [2.75, 3.05) is 11.4 Å². The van der Waals surface area contributed by atoms with E-state index in [0.29, 0.717) is 6.04 Å². The number of aldehydes is 1. The zero-order valence-electron chi connectivity index (χ0n) is 11.1. The van der Waals surface area contributed by atoms with Crippen LogP contribution in [0.25, 0.3) is 0 Å². The van der Waals surface area contributed by atoms with Gasteiger partial charge in [0.2, 0.25) is 0 Å². The Morgan fingerprint density at radius 3 is 2.89 bits per heavy atom. The molecule has 1 saturated carbocycles. The standard InChI is InChI=1S/C16H21NO/c1-12-7-8-16(14(10-12)11-18)17-9-3-5-13-4-2-6-15(13)17/h7-8,10-11,13,15H,2-6,9H2,1H3. The van der Waals surface area contributed by atoms with Crippen LogP contribution in [-0.4, -0.2) is 18.9 Å². The molecule has 0 spiro atoms. The number of benzene rings is 1. The van der Waals surface area contributed by atoms with E-state index >= 15 is 0 Å². The van der Waals surface area contributed by atoms with Crippen molar-refractivity contribution in [3.8, 4) is 0 Å². The molecule has 0 bridgehead atoms. The Kier molecular flexibility index (Phi) is 3.11. The van der Waals surface area contributed by atoms with Gasteiger partial charge in [0.1, 0.15) is 0 Å². The normalized spacial score (nSPS) is 27.1. The van der Waals surface area contributed by atoms with Crippen molar-refractivity contribution in [3.63, 3.8) is 0 Å². The van der Waals surface area contributed by atoms with E-state index in [2.05, 4.69) is 17.0 Å². The molecule has 1 aromatic rings. The Balaban J connectivity index is 1.95. The highest BCUT2D eigenvalue weighted by Crippen LogP contribution is 2.39. The fourth-order valence-electron chi connectivity index (χ4n) is 3.78. The quantitative estimate of drug-likeness (QED) is 0.740. The molecule has 2 unspecified atom stereocenters. The summed E-state index contributed by atoms with van der Waals surface area (Å²) in [7, 11) is 0. The van der Waals surface area contributed by atoms with Gasteiger partial charge in [-0.2, -0.15) is 0 Å². The minimum absolute atomic E-state index is 0.681. The van der Waals surface area contributed by atoms with Crippen LogP contribution in [0.5, 0.6) is 0 Å². The molecular weight excluding hydrogens is 222 g/mol. The van der Waals surface area contributed by atoms with Gasteiger partial charge in [-0.1, -0.05) is 18.1 Å². The van der Waals surface area contributed by atoms with Crippen molar-refractivity contribution in [3.05, 3.63) is 29.3 Å². The third-order valence-corrected chi connectivity index (χ3v) is 4.61. The maximum atomic E-state index is 11.3. The van der Waals surface area contributed by atoms with E-state index in [9.17, 15) is 4.79 Å². The van der Waals surface area contributed by atoms with E-state index in [-0.39, 0.29) is 0 Å². The number of fused-ring (bicyclic) bond motifs is 1. The second-order valence-corrected chi connectivity index (χ2v) is 5.77. The molecule has 1 aliphatic carbocycles. The second-order valence-electron chi connectivity index (χ2n) is 5.77. The number of hydrogen-bond donors (Lipinski definition) is 0. The second kappa shape index (κ2) is 4.75. The summed E-state index contributed by atoms with van der Waals surface area (Å²) in [4.78, 5) is 13.8. The summed E-state index contributed by atoms with van der Waals surface area (Å²) < 4.78 is 0. The molecule has 0 aromatic heterocycles. The van der Waals surface area contributed by atoms with E-state index in [0.717, 1.165) is 30.0 Å². The maximum absolute atomic E-state index is 11.3. The average molecular weight is 243 g/mol. The van der Waals surface area contributed by atoms with Crippen LogP contribution in [0.1, 0.15) is 48.0 Å². The molecule has 96 valence electrons. The van der Waals surface area contributed by atoms with Gasteiger partial charge in [-0.05, 0) is 50.7 Å². The molecule has 0 radical (unpaired) electrons. The predicted molar refractivity (Wildman–Crippen MR) is 74.3 cm³/mol. The Morgan fingerprint density at radius 2 is 2.06 bits per heavy atom. The minimum Gasteiger partial charge on any atom is -0.368 e. The summed E-state index contributed by atoms with van der Waals surface area (Å²) in [6.45, 7) is 3.16. The van der Waals surface area contributed by atoms with Gasteiger partial charge >= 0.3 is 0 Å². The topological polar surface area (TPSA) is 20.3 Å². The van der Waals surface area contributed by atoms with Gasteiger partial charge in [0, 0.05) is 23.8 Å². The predicted octanol–water partition coefficient (Wildman–Crippen LogP) is 3.58. The molecule has 2 nitrogen and oxygen atoms in total. The monoisotopic (exact) mass is 243 g/mol. The van der Waals surface area contributed by atoms with Crippen molar-refractivity contribution < 1.29 is 4.79 Å². The van der Waals surface area contributed by atoms with Crippen molar-refractivity contribution in [2.45, 2.75) is 45.1 Å². The van der Waals surface area contributed by atoms with E-state index < -0.39 is 0 Å². The summed E-state index contributed by atoms with van der Waals surface area (Å²) in [6.07, 6.45) is 7.70. The van der Waals surface area contributed by atoms with Gasteiger partial charge in [0.05, 0.1) is 0 Å². The fraction of sp³-hybridized carbons (Fsp3) is 0.562. The first-order valence-corrected chi connectivity index (χ1v) is 7.12. The van der Waals surface area contributed by atoms with Crippen molar-refractivity contribution >= 4 is 12.0 Å². The van der Waals surface area contributed by atoms with Gasteiger partial charge < -0.3 is 4.90 Å². The van der Waals surface area contributed by atoms with E-state index in [4.69, 9.17) is 0 Å². The first kappa shape index (κ1) is 11.8. The Labute approximate surface area is 109 Å². The van der Waals surface area contributed by atoms with E-state index in [1.165, 1.54) is 37.7 Å². The summed E-state index contributed by atoms with van der Waals surface area (Å²) in [6, 6.07) is 6.96. The lowest BCUT2D eigenvalue weighted by Crippen LogP contribution is -2.43. The van der Waals surface area contributed by atoms with Crippen LogP contribution in [0.3, 0.4) is 0 Å². The smallest absolute Gasteiger partial charge is 0.152 e. The average Bonchev–Trinajstić information content (AvgIpc) is 2.86. The fourth-order valence-corrected chi connectivity index (χ4v) is 3.78. The molecule has 1 saturated heterocycles. The number of piperidine rings is 1. The highest BCUT2D eigenvalue weighted by atomic mass is 16.1. The number of aryl methyl sites for hydroxylation is 1. The molecule has 3 rings (SSSR count). The maximum Gasteiger partial charge on any atom is 0.152 e. The Morgan fingerprint density at radius 1 is 1.22 bits per heavy atom. The third-order valence-electron chi connectivity index (χ3n) is 4.61. The SMILES string of the molecule is Cc1ccc(N2CCCC3CCCC32)c(C=O)c1. The molecule has 2 heteroatoms. The lowest BCUT2D eigenvalue weighted by Gasteiger charge is -2.40. The van der Waals surface area contributed by atoms with Crippen LogP contribution >= 0.6 is 0 Å². The van der Waals surface area contributed by atoms with Crippen LogP contribution in [0.15, 0.2) is 18.2 Å². The third kappa shape index (κ3) is 1.94. The van der Waals surface area contributed by atoms with Crippen LogP contribution in [0, 0.1) is 12.8 Å². The molecule has 1 aromatic carbocycles. The van der Waals surface area contributed by atoms with Crippen LogP contribution in [-0.2, 0) is 0 Å². The minimum atomic E-state index is 0.681. The van der Waals surface area contributed by atoms with Crippen LogP contribution in [0.4, 0.5) is 5.69 Å². The summed E-state index contributed by atoms with van der Waals surface area (Å²) in [5.41, 5.74) is 3.19. The first-order chi connectivity index (χ1) is 8.79. The van der Waals surface area contributed by atoms with Gasteiger partial charge in [-0.3, -0.25) is 4.79 Å². The van der Waals surface area contributed by atoms with Crippen molar-refractivity contribution in [2.24, 2.45) is 5.92 Å². The molecule has 1 heterocycles. The molecule has 18 heavy (non-hydrogen) atoms. The number of carbonyl (C=O) groups is 1. The summed E-state index contributed by atoms with van der Waals surface area (Å²) in [5, 5.41) is 0. The van der Waals surface area contributed by atoms with E-state index in [1.54, 1.807) is 0 Å². The number of nitrogens with zero attached hydrogens (tertiary/aromatic N) is 1. The molecule has 1 aliphatic heterocycles. The lowest BCUT2D eigenvalue weighted by atomic mass is 9.91.